The highest BCUT2D eigenvalue weighted by atomic mass is 79.9. The van der Waals surface area contributed by atoms with E-state index in [2.05, 4.69) is 15.9 Å². The van der Waals surface area contributed by atoms with Gasteiger partial charge >= 0.3 is 0 Å². The lowest BCUT2D eigenvalue weighted by molar-refractivity contribution is 0.101. The molecule has 0 unspecified atom stereocenters. The van der Waals surface area contributed by atoms with Gasteiger partial charge < -0.3 is 9.84 Å². The normalized spacial score (nSPS) is 11.6. The first-order valence-electron chi connectivity index (χ1n) is 3.39. The van der Waals surface area contributed by atoms with E-state index < -0.39 is 0 Å². The van der Waals surface area contributed by atoms with Crippen molar-refractivity contribution in [2.24, 2.45) is 0 Å². The minimum absolute atomic E-state index is 0.0449. The van der Waals surface area contributed by atoms with Crippen molar-refractivity contribution < 1.29 is 9.84 Å². The van der Waals surface area contributed by atoms with Crippen molar-refractivity contribution in [3.8, 4) is 0 Å². The maximum atomic E-state index is 8.90. The summed E-state index contributed by atoms with van der Waals surface area (Å²) in [6, 6.07) is 0. The van der Waals surface area contributed by atoms with Gasteiger partial charge in [0, 0.05) is 5.33 Å². The molecule has 0 spiro atoms. The summed E-state index contributed by atoms with van der Waals surface area (Å²) in [7, 11) is 0. The van der Waals surface area contributed by atoms with Gasteiger partial charge in [-0.05, 0) is 25.8 Å². The van der Waals surface area contributed by atoms with Crippen LogP contribution in [0.1, 0.15) is 19.8 Å². The van der Waals surface area contributed by atoms with Crippen molar-refractivity contribution in [1.29, 1.82) is 0 Å². The molecule has 0 saturated heterocycles. The first-order chi connectivity index (χ1) is 4.81. The maximum Gasteiger partial charge on any atom is 0.272 e. The Balaban J connectivity index is 3.28. The average molecular weight is 209 g/mol. The summed E-state index contributed by atoms with van der Waals surface area (Å²) in [5.74, 6) is 0.0449. The number of unbranched alkanes of at least 4 members (excludes halogenated alkanes) is 1. The molecule has 3 heteroatoms. The summed E-state index contributed by atoms with van der Waals surface area (Å²) in [5, 5.41) is 9.86. The van der Waals surface area contributed by atoms with Gasteiger partial charge in [0.15, 0.2) is 0 Å². The Labute approximate surface area is 70.0 Å². The molecule has 0 bridgehead atoms. The van der Waals surface area contributed by atoms with Gasteiger partial charge in [-0.1, -0.05) is 15.9 Å². The molecule has 0 aliphatic rings. The van der Waals surface area contributed by atoms with E-state index in [1.165, 1.54) is 0 Å². The lowest BCUT2D eigenvalue weighted by atomic mass is 10.3. The van der Waals surface area contributed by atoms with Gasteiger partial charge in [-0.3, -0.25) is 0 Å². The van der Waals surface area contributed by atoms with Crippen LogP contribution in [0.15, 0.2) is 12.0 Å². The maximum absolute atomic E-state index is 8.90. The molecule has 10 heavy (non-hydrogen) atoms. The second kappa shape index (κ2) is 6.93. The molecule has 0 aliphatic heterocycles. The third-order valence-corrected chi connectivity index (χ3v) is 1.51. The van der Waals surface area contributed by atoms with Gasteiger partial charge in [-0.2, -0.15) is 0 Å². The van der Waals surface area contributed by atoms with Crippen LogP contribution in [0.5, 0.6) is 0 Å². The van der Waals surface area contributed by atoms with E-state index in [1.54, 1.807) is 6.08 Å². The van der Waals surface area contributed by atoms with E-state index in [-0.39, 0.29) is 5.95 Å². The van der Waals surface area contributed by atoms with Crippen LogP contribution in [-0.4, -0.2) is 17.0 Å². The standard InChI is InChI=1S/C7H13BrO2/c1-2-10-7(9)5-3-4-6-8/h5,9H,2-4,6H2,1H3/b7-5+. The molecule has 0 rings (SSSR count). The van der Waals surface area contributed by atoms with Crippen LogP contribution < -0.4 is 0 Å². The first-order valence-corrected chi connectivity index (χ1v) is 4.51. The third kappa shape index (κ3) is 5.95. The second-order valence-corrected chi connectivity index (χ2v) is 2.60. The third-order valence-electron chi connectivity index (χ3n) is 0.949. The molecule has 0 aliphatic carbocycles. The van der Waals surface area contributed by atoms with E-state index in [4.69, 9.17) is 9.84 Å². The Morgan fingerprint density at radius 2 is 2.40 bits per heavy atom. The van der Waals surface area contributed by atoms with Gasteiger partial charge in [0.25, 0.3) is 5.95 Å². The van der Waals surface area contributed by atoms with Crippen LogP contribution in [0.3, 0.4) is 0 Å². The minimum atomic E-state index is 0.0449. The summed E-state index contributed by atoms with van der Waals surface area (Å²) >= 11 is 3.29. The van der Waals surface area contributed by atoms with Gasteiger partial charge in [-0.25, -0.2) is 0 Å². The fourth-order valence-electron chi connectivity index (χ4n) is 0.509. The number of ether oxygens (including phenoxy) is 1. The minimum Gasteiger partial charge on any atom is -0.481 e. The Morgan fingerprint density at radius 1 is 1.70 bits per heavy atom. The topological polar surface area (TPSA) is 29.5 Å². The Hall–Kier alpha value is -0.180. The van der Waals surface area contributed by atoms with Crippen LogP contribution in [0.25, 0.3) is 0 Å². The zero-order valence-electron chi connectivity index (χ0n) is 6.14. The van der Waals surface area contributed by atoms with E-state index >= 15 is 0 Å². The summed E-state index contributed by atoms with van der Waals surface area (Å²) in [6.45, 7) is 2.37. The molecular formula is C7H13BrO2. The van der Waals surface area contributed by atoms with Crippen LogP contribution in [-0.2, 0) is 4.74 Å². The molecule has 0 aromatic carbocycles. The van der Waals surface area contributed by atoms with E-state index in [9.17, 15) is 0 Å². The zero-order chi connectivity index (χ0) is 7.82. The van der Waals surface area contributed by atoms with Crippen molar-refractivity contribution in [1.82, 2.24) is 0 Å². The summed E-state index contributed by atoms with van der Waals surface area (Å²) in [5.41, 5.74) is 0. The van der Waals surface area contributed by atoms with Crippen molar-refractivity contribution in [2.45, 2.75) is 19.8 Å². The second-order valence-electron chi connectivity index (χ2n) is 1.81. The Kier molecular flexibility index (Phi) is 6.81. The summed E-state index contributed by atoms with van der Waals surface area (Å²) in [6.07, 6.45) is 3.57. The predicted octanol–water partition coefficient (Wildman–Crippen LogP) is 2.60. The van der Waals surface area contributed by atoms with E-state index in [0.29, 0.717) is 6.61 Å². The average Bonchev–Trinajstić information content (AvgIpc) is 1.89. The molecule has 0 radical (unpaired) electrons. The lowest BCUT2D eigenvalue weighted by Gasteiger charge is -1.98. The van der Waals surface area contributed by atoms with Gasteiger partial charge in [0.2, 0.25) is 0 Å². The van der Waals surface area contributed by atoms with Gasteiger partial charge in [0.1, 0.15) is 0 Å². The quantitative estimate of drug-likeness (QED) is 0.428. The highest BCUT2D eigenvalue weighted by Crippen LogP contribution is 1.99. The monoisotopic (exact) mass is 208 g/mol. The molecule has 1 N–H and O–H groups in total. The number of alkyl halides is 1. The molecule has 0 amide bonds. The molecule has 0 atom stereocenters. The fraction of sp³-hybridized carbons (Fsp3) is 0.714. The van der Waals surface area contributed by atoms with Crippen molar-refractivity contribution >= 4 is 15.9 Å². The lowest BCUT2D eigenvalue weighted by Crippen LogP contribution is -1.89. The van der Waals surface area contributed by atoms with Crippen LogP contribution >= 0.6 is 15.9 Å². The number of halogens is 1. The smallest absolute Gasteiger partial charge is 0.272 e. The summed E-state index contributed by atoms with van der Waals surface area (Å²) < 4.78 is 4.79. The Morgan fingerprint density at radius 3 is 2.90 bits per heavy atom. The summed E-state index contributed by atoms with van der Waals surface area (Å²) in [4.78, 5) is 0. The van der Waals surface area contributed by atoms with Crippen molar-refractivity contribution in [3.63, 3.8) is 0 Å². The van der Waals surface area contributed by atoms with Gasteiger partial charge in [-0.15, -0.1) is 0 Å². The zero-order valence-corrected chi connectivity index (χ0v) is 7.73. The number of allylic oxidation sites excluding steroid dienone is 1. The van der Waals surface area contributed by atoms with Crippen LogP contribution in [0.4, 0.5) is 0 Å². The molecule has 60 valence electrons. The molecule has 0 fully saturated rings. The van der Waals surface area contributed by atoms with Crippen LogP contribution in [0.2, 0.25) is 0 Å². The molecule has 0 aromatic rings. The fourth-order valence-corrected chi connectivity index (χ4v) is 0.833. The van der Waals surface area contributed by atoms with Crippen LogP contribution in [0, 0.1) is 0 Å². The number of aliphatic hydroxyl groups excluding tert-OH is 1. The van der Waals surface area contributed by atoms with Crippen molar-refractivity contribution in [2.75, 3.05) is 11.9 Å². The predicted molar refractivity (Wildman–Crippen MR) is 45.4 cm³/mol. The SMILES string of the molecule is CCO/C(O)=C/CCCBr. The van der Waals surface area contributed by atoms with Crippen molar-refractivity contribution in [3.05, 3.63) is 12.0 Å². The first kappa shape index (κ1) is 9.82. The number of hydrogen-bond acceptors (Lipinski definition) is 2. The number of hydrogen-bond donors (Lipinski definition) is 1. The van der Waals surface area contributed by atoms with Gasteiger partial charge in [0.05, 0.1) is 6.61 Å². The highest BCUT2D eigenvalue weighted by Gasteiger charge is 1.88. The molecular weight excluding hydrogens is 196 g/mol. The largest absolute Gasteiger partial charge is 0.481 e. The highest BCUT2D eigenvalue weighted by molar-refractivity contribution is 9.09. The number of aliphatic hydroxyl groups is 1. The molecule has 0 saturated carbocycles. The molecule has 0 aromatic heterocycles. The van der Waals surface area contributed by atoms with E-state index in [1.807, 2.05) is 6.92 Å². The molecule has 0 heterocycles. The number of rotatable bonds is 5. The van der Waals surface area contributed by atoms with E-state index in [0.717, 1.165) is 18.2 Å². The molecule has 2 nitrogen and oxygen atoms in total. The Bertz CT molecular complexity index is 102.